The van der Waals surface area contributed by atoms with Gasteiger partial charge in [-0.2, -0.15) is 0 Å². The maximum Gasteiger partial charge on any atom is 0.270 e. The lowest BCUT2D eigenvalue weighted by atomic mass is 9.95. The summed E-state index contributed by atoms with van der Waals surface area (Å²) >= 11 is 5.13. The number of hydrogen-bond acceptors (Lipinski definition) is 4. The zero-order valence-electron chi connectivity index (χ0n) is 10.7. The Bertz CT molecular complexity index is 686. The van der Waals surface area contributed by atoms with Crippen LogP contribution >= 0.6 is 27.3 Å². The van der Waals surface area contributed by atoms with Crippen molar-refractivity contribution in [2.45, 2.75) is 37.4 Å². The van der Waals surface area contributed by atoms with Crippen LogP contribution in [0.4, 0.5) is 0 Å². The Labute approximate surface area is 129 Å². The van der Waals surface area contributed by atoms with Crippen molar-refractivity contribution in [1.82, 2.24) is 15.6 Å². The second kappa shape index (κ2) is 4.79. The van der Waals surface area contributed by atoms with E-state index >= 15 is 0 Å². The summed E-state index contributed by atoms with van der Waals surface area (Å²) in [6, 6.07) is 3.16. The van der Waals surface area contributed by atoms with Crippen LogP contribution in [0.2, 0.25) is 0 Å². The first-order valence-corrected chi connectivity index (χ1v) is 8.47. The van der Waals surface area contributed by atoms with Crippen LogP contribution in [0.5, 0.6) is 0 Å². The molecule has 4 nitrogen and oxygen atoms in total. The van der Waals surface area contributed by atoms with E-state index in [0.29, 0.717) is 17.8 Å². The molecule has 0 aliphatic carbocycles. The number of amides is 1. The monoisotopic (exact) mass is 351 g/mol. The molecule has 2 fully saturated rings. The van der Waals surface area contributed by atoms with E-state index in [9.17, 15) is 4.79 Å². The van der Waals surface area contributed by atoms with Crippen LogP contribution in [0.3, 0.4) is 0 Å². The van der Waals surface area contributed by atoms with E-state index in [1.807, 2.05) is 11.4 Å². The van der Waals surface area contributed by atoms with Crippen molar-refractivity contribution in [3.05, 3.63) is 27.8 Å². The summed E-state index contributed by atoms with van der Waals surface area (Å²) in [4.78, 5) is 16.6. The van der Waals surface area contributed by atoms with Crippen LogP contribution in [0.15, 0.2) is 22.1 Å². The fourth-order valence-corrected chi connectivity index (χ4v) is 4.76. The molecule has 3 unspecified atom stereocenters. The van der Waals surface area contributed by atoms with Crippen LogP contribution in [-0.4, -0.2) is 29.0 Å². The molecule has 0 spiro atoms. The Kier molecular flexibility index (Phi) is 3.05. The summed E-state index contributed by atoms with van der Waals surface area (Å²) in [6.45, 7) is 0. The average Bonchev–Trinajstić information content (AvgIpc) is 3.15. The van der Waals surface area contributed by atoms with Gasteiger partial charge in [-0.3, -0.25) is 4.79 Å². The van der Waals surface area contributed by atoms with Crippen molar-refractivity contribution in [3.8, 4) is 0 Å². The van der Waals surface area contributed by atoms with Gasteiger partial charge in [0.05, 0.1) is 4.70 Å². The van der Waals surface area contributed by atoms with Crippen molar-refractivity contribution in [2.24, 2.45) is 0 Å². The molecule has 3 atom stereocenters. The Morgan fingerprint density at radius 3 is 3.15 bits per heavy atom. The lowest BCUT2D eigenvalue weighted by molar-refractivity contribution is 0.0926. The number of carbonyl (C=O) groups excluding carboxylic acids is 1. The molecule has 4 rings (SSSR count). The van der Waals surface area contributed by atoms with Gasteiger partial charge in [-0.1, -0.05) is 0 Å². The van der Waals surface area contributed by atoms with Gasteiger partial charge in [0.1, 0.15) is 5.69 Å². The third-order valence-corrected chi connectivity index (χ3v) is 6.16. The number of hydrogen-bond donors (Lipinski definition) is 2. The molecule has 20 heavy (non-hydrogen) atoms. The van der Waals surface area contributed by atoms with E-state index in [-0.39, 0.29) is 11.9 Å². The van der Waals surface area contributed by atoms with Gasteiger partial charge >= 0.3 is 0 Å². The minimum Gasteiger partial charge on any atom is -0.346 e. The summed E-state index contributed by atoms with van der Waals surface area (Å²) in [5, 5.41) is 9.73. The second-order valence-electron chi connectivity index (χ2n) is 5.51. The van der Waals surface area contributed by atoms with Crippen molar-refractivity contribution >= 4 is 43.3 Å². The fourth-order valence-electron chi connectivity index (χ4n) is 3.25. The van der Waals surface area contributed by atoms with Crippen LogP contribution in [0.1, 0.15) is 29.8 Å². The topological polar surface area (TPSA) is 54.0 Å². The van der Waals surface area contributed by atoms with E-state index in [2.05, 4.69) is 31.5 Å². The predicted molar refractivity (Wildman–Crippen MR) is 83.1 cm³/mol. The zero-order valence-corrected chi connectivity index (χ0v) is 13.1. The number of fused-ring (bicyclic) bond motifs is 3. The van der Waals surface area contributed by atoms with Crippen molar-refractivity contribution in [1.29, 1.82) is 0 Å². The van der Waals surface area contributed by atoms with Crippen molar-refractivity contribution in [2.75, 3.05) is 0 Å². The molecule has 104 valence electrons. The molecule has 0 radical (unpaired) electrons. The van der Waals surface area contributed by atoms with Gasteiger partial charge in [-0.05, 0) is 41.3 Å². The first-order valence-electron chi connectivity index (χ1n) is 6.80. The summed E-state index contributed by atoms with van der Waals surface area (Å²) < 4.78 is 2.12. The van der Waals surface area contributed by atoms with Gasteiger partial charge in [0.2, 0.25) is 0 Å². The Balaban J connectivity index is 1.56. The fraction of sp³-hybridized carbons (Fsp3) is 0.429. The number of aromatic nitrogens is 1. The highest BCUT2D eigenvalue weighted by Crippen LogP contribution is 2.31. The zero-order chi connectivity index (χ0) is 13.7. The maximum atomic E-state index is 12.3. The van der Waals surface area contributed by atoms with E-state index < -0.39 is 0 Å². The van der Waals surface area contributed by atoms with Gasteiger partial charge in [-0.15, -0.1) is 11.3 Å². The lowest BCUT2D eigenvalue weighted by Crippen LogP contribution is -2.43. The lowest BCUT2D eigenvalue weighted by Gasteiger charge is -2.21. The average molecular weight is 352 g/mol. The molecular weight excluding hydrogens is 338 g/mol. The van der Waals surface area contributed by atoms with Gasteiger partial charge in [-0.25, -0.2) is 4.98 Å². The maximum absolute atomic E-state index is 12.3. The Morgan fingerprint density at radius 1 is 1.50 bits per heavy atom. The van der Waals surface area contributed by atoms with E-state index in [4.69, 9.17) is 0 Å². The van der Waals surface area contributed by atoms with E-state index in [1.54, 1.807) is 17.5 Å². The summed E-state index contributed by atoms with van der Waals surface area (Å²) in [5.41, 5.74) is 0.499. The minimum atomic E-state index is -0.0654. The first kappa shape index (κ1) is 12.7. The molecule has 2 saturated heterocycles. The highest BCUT2D eigenvalue weighted by molar-refractivity contribution is 9.10. The molecule has 2 aliphatic heterocycles. The highest BCUT2D eigenvalue weighted by atomic mass is 79.9. The van der Waals surface area contributed by atoms with Crippen LogP contribution in [0.25, 0.3) is 10.1 Å². The number of carbonyl (C=O) groups is 1. The Hall–Kier alpha value is -0.980. The van der Waals surface area contributed by atoms with E-state index in [0.717, 1.165) is 27.4 Å². The van der Waals surface area contributed by atoms with Crippen LogP contribution in [-0.2, 0) is 0 Å². The van der Waals surface area contributed by atoms with Crippen LogP contribution < -0.4 is 10.6 Å². The molecule has 2 aromatic heterocycles. The summed E-state index contributed by atoms with van der Waals surface area (Å²) in [7, 11) is 0. The molecule has 2 aromatic rings. The quantitative estimate of drug-likeness (QED) is 0.874. The number of nitrogens with zero attached hydrogens (tertiary/aromatic N) is 1. The molecule has 6 heteroatoms. The smallest absolute Gasteiger partial charge is 0.270 e. The standard InChI is InChI=1S/C14H14BrN3OS/c15-9-6-20-13-5-16-12(4-8(9)13)14(19)18-11-3-7-1-2-10(11)17-7/h4-7,10-11,17H,1-3H2,(H,18,19). The summed E-state index contributed by atoms with van der Waals surface area (Å²) in [5.74, 6) is -0.0654. The first-order chi connectivity index (χ1) is 9.70. The van der Waals surface area contributed by atoms with Crippen molar-refractivity contribution < 1.29 is 4.79 Å². The number of halogens is 1. The van der Waals surface area contributed by atoms with Gasteiger partial charge in [0, 0.05) is 39.6 Å². The minimum absolute atomic E-state index is 0.0654. The van der Waals surface area contributed by atoms with Gasteiger partial charge < -0.3 is 10.6 Å². The van der Waals surface area contributed by atoms with E-state index in [1.165, 1.54) is 6.42 Å². The highest BCUT2D eigenvalue weighted by Gasteiger charge is 2.39. The molecule has 2 N–H and O–H groups in total. The molecular formula is C14H14BrN3OS. The normalized spacial score (nSPS) is 28.1. The molecule has 1 amide bonds. The Morgan fingerprint density at radius 2 is 2.40 bits per heavy atom. The van der Waals surface area contributed by atoms with Crippen LogP contribution in [0, 0.1) is 0 Å². The third-order valence-electron chi connectivity index (χ3n) is 4.26. The van der Waals surface area contributed by atoms with Crippen molar-refractivity contribution in [3.63, 3.8) is 0 Å². The molecule has 2 aliphatic rings. The second-order valence-corrected chi connectivity index (χ2v) is 7.28. The number of nitrogens with one attached hydrogen (secondary N) is 2. The number of thiophene rings is 1. The largest absolute Gasteiger partial charge is 0.346 e. The molecule has 0 aromatic carbocycles. The molecule has 0 saturated carbocycles. The SMILES string of the molecule is O=C(NC1CC2CCC1N2)c1cc2c(Br)csc2cn1. The number of rotatable bonds is 2. The molecule has 4 heterocycles. The summed E-state index contributed by atoms with van der Waals surface area (Å²) in [6.07, 6.45) is 5.22. The molecule has 2 bridgehead atoms. The number of pyridine rings is 1. The van der Waals surface area contributed by atoms with Gasteiger partial charge in [0.15, 0.2) is 0 Å². The third kappa shape index (κ3) is 2.06. The van der Waals surface area contributed by atoms with Gasteiger partial charge in [0.25, 0.3) is 5.91 Å². The predicted octanol–water partition coefficient (Wildman–Crippen LogP) is 2.68.